The van der Waals surface area contributed by atoms with Gasteiger partial charge in [0.25, 0.3) is 0 Å². The number of hydrogen-bond donors (Lipinski definition) is 0. The van der Waals surface area contributed by atoms with Crippen molar-refractivity contribution >= 4 is 24.2 Å². The van der Waals surface area contributed by atoms with Crippen LogP contribution in [-0.4, -0.2) is 32.6 Å². The summed E-state index contributed by atoms with van der Waals surface area (Å²) in [6.45, 7) is 11.1. The van der Waals surface area contributed by atoms with Crippen LogP contribution < -0.4 is 0 Å². The third-order valence-electron chi connectivity index (χ3n) is 3.63. The molecular weight excluding hydrogens is 356 g/mol. The van der Waals surface area contributed by atoms with Crippen molar-refractivity contribution in [3.05, 3.63) is 23.8 Å². The van der Waals surface area contributed by atoms with Crippen LogP contribution in [0.2, 0.25) is 13.1 Å². The quantitative estimate of drug-likeness (QED) is 0.298. The minimum atomic E-state index is -1.71. The summed E-state index contributed by atoms with van der Waals surface area (Å²) in [7, 11) is -0.00588. The van der Waals surface area contributed by atoms with Gasteiger partial charge in [-0.1, -0.05) is 59.3 Å². The van der Waals surface area contributed by atoms with Crippen LogP contribution in [0.3, 0.4) is 0 Å². The molecule has 2 nitrogen and oxygen atoms in total. The zero-order chi connectivity index (χ0) is 16.8. The molecule has 0 bridgehead atoms. The topological polar surface area (TPSA) is 18.5 Å². The van der Waals surface area contributed by atoms with Gasteiger partial charge in [0.1, 0.15) is 12.2 Å². The van der Waals surface area contributed by atoms with Gasteiger partial charge >= 0.3 is 0 Å². The van der Waals surface area contributed by atoms with Crippen LogP contribution in [0.5, 0.6) is 0 Å². The molecule has 0 aromatic heterocycles. The zero-order valence-corrected chi connectivity index (χ0v) is 17.3. The van der Waals surface area contributed by atoms with E-state index in [1.165, 1.54) is 5.57 Å². The molecule has 1 unspecified atom stereocenters. The van der Waals surface area contributed by atoms with E-state index in [1.54, 1.807) is 7.11 Å². The summed E-state index contributed by atoms with van der Waals surface area (Å²) < 4.78 is 11.8. The molecule has 0 saturated heterocycles. The highest BCUT2D eigenvalue weighted by molar-refractivity contribution is 9.09. The molecular formula is C18H29BrO2Si. The maximum atomic E-state index is 6.31. The van der Waals surface area contributed by atoms with Crippen LogP contribution >= 0.6 is 15.9 Å². The van der Waals surface area contributed by atoms with E-state index in [-0.39, 0.29) is 17.6 Å². The van der Waals surface area contributed by atoms with E-state index in [4.69, 9.17) is 9.16 Å². The molecule has 1 aliphatic carbocycles. The number of allylic oxidation sites excluding steroid dienone is 2. The number of ether oxygens (including phenoxy) is 1. The molecule has 0 radical (unpaired) electrons. The Morgan fingerprint density at radius 1 is 1.36 bits per heavy atom. The first-order valence-electron chi connectivity index (χ1n) is 7.80. The smallest absolute Gasteiger partial charge is 0.198 e. The lowest BCUT2D eigenvalue weighted by Gasteiger charge is -2.25. The van der Waals surface area contributed by atoms with Crippen LogP contribution in [0.25, 0.3) is 0 Å². The third kappa shape index (κ3) is 7.28. The van der Waals surface area contributed by atoms with Crippen molar-refractivity contribution in [2.75, 3.05) is 12.1 Å². The minimum absolute atomic E-state index is 0.0530. The second-order valence-electron chi connectivity index (χ2n) is 7.25. The predicted octanol–water partition coefficient (Wildman–Crippen LogP) is 4.85. The van der Waals surface area contributed by atoms with Gasteiger partial charge < -0.3 is 9.16 Å². The summed E-state index contributed by atoms with van der Waals surface area (Å²) in [6.07, 6.45) is 8.24. The molecule has 1 rings (SSSR count). The van der Waals surface area contributed by atoms with Gasteiger partial charge in [-0.25, -0.2) is 0 Å². The van der Waals surface area contributed by atoms with Crippen molar-refractivity contribution in [3.8, 4) is 11.8 Å². The van der Waals surface area contributed by atoms with Gasteiger partial charge in [0.2, 0.25) is 0 Å². The summed E-state index contributed by atoms with van der Waals surface area (Å²) in [5.74, 6) is 6.51. The molecule has 0 spiro atoms. The molecule has 0 saturated carbocycles. The van der Waals surface area contributed by atoms with Gasteiger partial charge in [-0.05, 0) is 37.9 Å². The fourth-order valence-electron chi connectivity index (χ4n) is 2.13. The van der Waals surface area contributed by atoms with Crippen LogP contribution in [0, 0.1) is 17.3 Å². The van der Waals surface area contributed by atoms with Gasteiger partial charge in [-0.2, -0.15) is 0 Å². The molecule has 0 heterocycles. The average molecular weight is 385 g/mol. The van der Waals surface area contributed by atoms with Crippen molar-refractivity contribution < 1.29 is 9.16 Å². The Hall–Kier alpha value is -0.343. The molecule has 0 aromatic carbocycles. The van der Waals surface area contributed by atoms with Gasteiger partial charge in [-0.3, -0.25) is 0 Å². The number of alkyl halides is 1. The van der Waals surface area contributed by atoms with Crippen molar-refractivity contribution in [2.45, 2.75) is 58.9 Å². The highest BCUT2D eigenvalue weighted by Crippen LogP contribution is 2.26. The van der Waals surface area contributed by atoms with Gasteiger partial charge in [-0.15, -0.1) is 0 Å². The van der Waals surface area contributed by atoms with Crippen molar-refractivity contribution in [3.63, 3.8) is 0 Å². The van der Waals surface area contributed by atoms with Crippen LogP contribution in [0.15, 0.2) is 23.8 Å². The molecule has 4 heteroatoms. The Kier molecular flexibility index (Phi) is 7.61. The Balaban J connectivity index is 3.04. The highest BCUT2D eigenvalue weighted by Gasteiger charge is 2.25. The van der Waals surface area contributed by atoms with E-state index in [2.05, 4.69) is 79.9 Å². The number of halogens is 1. The van der Waals surface area contributed by atoms with E-state index < -0.39 is 8.32 Å². The Labute approximate surface area is 145 Å². The van der Waals surface area contributed by atoms with E-state index in [1.807, 2.05) is 0 Å². The number of rotatable bonds is 4. The summed E-state index contributed by atoms with van der Waals surface area (Å²) in [6, 6.07) is 0. The number of methoxy groups -OCH3 is 1. The maximum Gasteiger partial charge on any atom is 0.198 e. The Morgan fingerprint density at radius 2 is 2.05 bits per heavy atom. The molecule has 124 valence electrons. The maximum absolute atomic E-state index is 6.31. The fourth-order valence-corrected chi connectivity index (χ4v) is 3.50. The summed E-state index contributed by atoms with van der Waals surface area (Å²) in [4.78, 5) is 0.918. The fraction of sp³-hybridized carbons (Fsp3) is 0.667. The molecule has 1 aliphatic rings. The van der Waals surface area contributed by atoms with Crippen molar-refractivity contribution in [1.82, 2.24) is 0 Å². The largest absolute Gasteiger partial charge is 0.403 e. The molecule has 0 fully saturated rings. The third-order valence-corrected chi connectivity index (χ3v) is 9.25. The SMILES string of the molecule is CO[C@H]1C#CC(O[Si](C)(C)CBr)C/C(C)=C/CC(C)(C)/C=C/1. The molecule has 0 amide bonds. The second kappa shape index (κ2) is 8.49. The van der Waals surface area contributed by atoms with Crippen LogP contribution in [0.1, 0.15) is 33.6 Å². The van der Waals surface area contributed by atoms with E-state index >= 15 is 0 Å². The first-order valence-corrected chi connectivity index (χ1v) is 12.0. The molecule has 0 N–H and O–H groups in total. The molecule has 2 atom stereocenters. The normalized spacial score (nSPS) is 29.5. The predicted molar refractivity (Wildman–Crippen MR) is 101 cm³/mol. The standard InChI is InChI=1S/C18H29BrO2Si/c1-15-9-11-18(2,3)12-10-16(20-4)7-8-17(13-15)21-22(5,6)14-19/h9-10,12,16-17H,11,13-14H2,1-6H3/b12-10+,15-9+/t16-,17?/m0/s1. The van der Waals surface area contributed by atoms with E-state index in [9.17, 15) is 0 Å². The van der Waals surface area contributed by atoms with Gasteiger partial charge in [0.15, 0.2) is 8.32 Å². The first kappa shape index (κ1) is 19.7. The summed E-state index contributed by atoms with van der Waals surface area (Å²) in [5, 5.41) is 0. The van der Waals surface area contributed by atoms with Crippen LogP contribution in [0.4, 0.5) is 0 Å². The van der Waals surface area contributed by atoms with Crippen LogP contribution in [-0.2, 0) is 9.16 Å². The minimum Gasteiger partial charge on any atom is -0.403 e. The van der Waals surface area contributed by atoms with Gasteiger partial charge in [0.05, 0.1) is 0 Å². The van der Waals surface area contributed by atoms with Crippen molar-refractivity contribution in [2.24, 2.45) is 5.41 Å². The summed E-state index contributed by atoms with van der Waals surface area (Å²) in [5.41, 5.74) is 1.46. The first-order chi connectivity index (χ1) is 10.2. The average Bonchev–Trinajstić information content (AvgIpc) is 2.46. The monoisotopic (exact) mass is 384 g/mol. The van der Waals surface area contributed by atoms with E-state index in [0.717, 1.165) is 17.8 Å². The van der Waals surface area contributed by atoms with Crippen molar-refractivity contribution in [1.29, 1.82) is 0 Å². The lowest BCUT2D eigenvalue weighted by Crippen LogP contribution is -2.37. The molecule has 0 aliphatic heterocycles. The highest BCUT2D eigenvalue weighted by atomic mass is 79.9. The number of hydrogen-bond acceptors (Lipinski definition) is 2. The molecule has 22 heavy (non-hydrogen) atoms. The summed E-state index contributed by atoms with van der Waals surface area (Å²) >= 11 is 3.57. The van der Waals surface area contributed by atoms with Gasteiger partial charge in [0, 0.05) is 18.5 Å². The second-order valence-corrected chi connectivity index (χ2v) is 13.0. The Bertz CT molecular complexity index is 483. The Morgan fingerprint density at radius 3 is 2.64 bits per heavy atom. The lowest BCUT2D eigenvalue weighted by atomic mass is 9.87. The molecule has 0 aromatic rings. The van der Waals surface area contributed by atoms with E-state index in [0.29, 0.717) is 0 Å². The zero-order valence-electron chi connectivity index (χ0n) is 14.7. The lowest BCUT2D eigenvalue weighted by molar-refractivity contribution is 0.182.